The predicted molar refractivity (Wildman–Crippen MR) is 65.6 cm³/mol. The molecular weight excluding hydrogens is 254 g/mol. The largest absolute Gasteiger partial charge is 0.322 e. The lowest BCUT2D eigenvalue weighted by Crippen LogP contribution is -2.35. The highest BCUT2D eigenvalue weighted by atomic mass is 35.5. The number of hydrogen-bond acceptors (Lipinski definition) is 2. The van der Waals surface area contributed by atoms with Gasteiger partial charge in [-0.2, -0.15) is 0 Å². The third kappa shape index (κ3) is 3.96. The summed E-state index contributed by atoms with van der Waals surface area (Å²) in [4.78, 5) is 11.3. The van der Waals surface area contributed by atoms with Crippen LogP contribution in [0.1, 0.15) is 13.3 Å². The Kier molecular flexibility index (Phi) is 6.33. The molecule has 0 spiro atoms. The first-order valence-electron chi connectivity index (χ1n) is 4.56. The van der Waals surface area contributed by atoms with Gasteiger partial charge in [0.15, 0.2) is 0 Å². The number of nitrogens with one attached hydrogen (secondary N) is 1. The molecule has 90 valence electrons. The first kappa shape index (κ1) is 15.2. The second kappa shape index (κ2) is 6.68. The van der Waals surface area contributed by atoms with E-state index in [0.717, 1.165) is 6.07 Å². The summed E-state index contributed by atoms with van der Waals surface area (Å²) in [6.07, 6.45) is 0.501. The van der Waals surface area contributed by atoms with Crippen molar-refractivity contribution in [2.45, 2.75) is 19.4 Å². The Bertz CT molecular complexity index is 374. The summed E-state index contributed by atoms with van der Waals surface area (Å²) in [6.45, 7) is 1.78. The maximum Gasteiger partial charge on any atom is 0.241 e. The average Bonchev–Trinajstić information content (AvgIpc) is 2.20. The summed E-state index contributed by atoms with van der Waals surface area (Å²) >= 11 is 5.57. The quantitative estimate of drug-likeness (QED) is 0.884. The van der Waals surface area contributed by atoms with Crippen LogP contribution in [-0.4, -0.2) is 11.9 Å². The van der Waals surface area contributed by atoms with Crippen molar-refractivity contribution < 1.29 is 9.18 Å². The Hall–Kier alpha value is -0.840. The van der Waals surface area contributed by atoms with Crippen LogP contribution in [0.5, 0.6) is 0 Å². The van der Waals surface area contributed by atoms with Crippen LogP contribution in [0.4, 0.5) is 10.1 Å². The van der Waals surface area contributed by atoms with Gasteiger partial charge in [0, 0.05) is 5.02 Å². The highest BCUT2D eigenvalue weighted by Crippen LogP contribution is 2.18. The van der Waals surface area contributed by atoms with Crippen LogP contribution >= 0.6 is 24.0 Å². The summed E-state index contributed by atoms with van der Waals surface area (Å²) in [7, 11) is 0. The van der Waals surface area contributed by atoms with Crippen molar-refractivity contribution in [1.29, 1.82) is 0 Å². The number of amides is 1. The number of nitrogens with two attached hydrogens (primary N) is 1. The predicted octanol–water partition coefficient (Wildman–Crippen LogP) is 2.58. The standard InChI is InChI=1S/C10H12ClFN2O.ClH/c1-2-8(13)10(15)14-9-4-3-6(11)5-7(9)12;/h3-5,8H,2,13H2,1H3,(H,14,15);1H/t8-;/m0./s1. The minimum atomic E-state index is -0.625. The average molecular weight is 267 g/mol. The molecule has 0 aliphatic carbocycles. The van der Waals surface area contributed by atoms with Crippen LogP contribution in [0.25, 0.3) is 0 Å². The minimum Gasteiger partial charge on any atom is -0.322 e. The third-order valence-corrected chi connectivity index (χ3v) is 2.20. The lowest BCUT2D eigenvalue weighted by Gasteiger charge is -2.10. The van der Waals surface area contributed by atoms with Gasteiger partial charge in [-0.3, -0.25) is 4.79 Å². The number of hydrogen-bond donors (Lipinski definition) is 2. The second-order valence-corrected chi connectivity index (χ2v) is 3.56. The van der Waals surface area contributed by atoms with Gasteiger partial charge in [-0.15, -0.1) is 12.4 Å². The van der Waals surface area contributed by atoms with Gasteiger partial charge in [-0.05, 0) is 24.6 Å². The van der Waals surface area contributed by atoms with E-state index in [1.807, 2.05) is 0 Å². The molecule has 16 heavy (non-hydrogen) atoms. The molecule has 0 aromatic heterocycles. The van der Waals surface area contributed by atoms with Gasteiger partial charge in [0.1, 0.15) is 5.82 Å². The van der Waals surface area contributed by atoms with Crippen molar-refractivity contribution in [2.75, 3.05) is 5.32 Å². The molecule has 1 aromatic rings. The van der Waals surface area contributed by atoms with E-state index in [4.69, 9.17) is 17.3 Å². The number of carbonyl (C=O) groups is 1. The molecule has 3 nitrogen and oxygen atoms in total. The van der Waals surface area contributed by atoms with Crippen molar-refractivity contribution in [2.24, 2.45) is 5.73 Å². The zero-order valence-electron chi connectivity index (χ0n) is 8.67. The van der Waals surface area contributed by atoms with Gasteiger partial charge in [-0.1, -0.05) is 18.5 Å². The molecule has 0 unspecified atom stereocenters. The van der Waals surface area contributed by atoms with E-state index in [1.54, 1.807) is 6.92 Å². The Balaban J connectivity index is 0.00000225. The SMILES string of the molecule is CC[C@H](N)C(=O)Nc1ccc(Cl)cc1F.Cl. The molecule has 1 rings (SSSR count). The van der Waals surface area contributed by atoms with Crippen LogP contribution in [0.2, 0.25) is 5.02 Å². The van der Waals surface area contributed by atoms with E-state index in [0.29, 0.717) is 6.42 Å². The van der Waals surface area contributed by atoms with E-state index in [-0.39, 0.29) is 23.1 Å². The summed E-state index contributed by atoms with van der Waals surface area (Å²) < 4.78 is 13.2. The highest BCUT2D eigenvalue weighted by Gasteiger charge is 2.13. The third-order valence-electron chi connectivity index (χ3n) is 1.97. The highest BCUT2D eigenvalue weighted by molar-refractivity contribution is 6.30. The van der Waals surface area contributed by atoms with Crippen molar-refractivity contribution in [3.63, 3.8) is 0 Å². The lowest BCUT2D eigenvalue weighted by atomic mass is 10.2. The Morgan fingerprint density at radius 2 is 2.25 bits per heavy atom. The molecule has 0 radical (unpaired) electrons. The molecule has 1 atom stereocenters. The molecule has 0 bridgehead atoms. The molecule has 0 fully saturated rings. The normalized spacial score (nSPS) is 11.5. The van der Waals surface area contributed by atoms with Gasteiger partial charge >= 0.3 is 0 Å². The number of carbonyl (C=O) groups excluding carboxylic acids is 1. The van der Waals surface area contributed by atoms with Crippen molar-refractivity contribution in [3.05, 3.63) is 29.0 Å². The first-order valence-corrected chi connectivity index (χ1v) is 4.94. The lowest BCUT2D eigenvalue weighted by molar-refractivity contribution is -0.117. The zero-order valence-corrected chi connectivity index (χ0v) is 10.2. The maximum atomic E-state index is 13.2. The number of anilines is 1. The van der Waals surface area contributed by atoms with Crippen molar-refractivity contribution in [1.82, 2.24) is 0 Å². The van der Waals surface area contributed by atoms with Gasteiger partial charge in [0.05, 0.1) is 11.7 Å². The van der Waals surface area contributed by atoms with Gasteiger partial charge < -0.3 is 11.1 Å². The van der Waals surface area contributed by atoms with Gasteiger partial charge in [-0.25, -0.2) is 4.39 Å². The Labute approximate surface area is 105 Å². The molecule has 1 amide bonds. The summed E-state index contributed by atoms with van der Waals surface area (Å²) in [5, 5.41) is 2.67. The number of rotatable bonds is 3. The van der Waals surface area contributed by atoms with Crippen LogP contribution in [0.3, 0.4) is 0 Å². The van der Waals surface area contributed by atoms with E-state index in [2.05, 4.69) is 5.32 Å². The minimum absolute atomic E-state index is 0. The molecular formula is C10H13Cl2FN2O. The van der Waals surface area contributed by atoms with Crippen LogP contribution < -0.4 is 11.1 Å². The van der Waals surface area contributed by atoms with Gasteiger partial charge in [0.25, 0.3) is 0 Å². The molecule has 0 aliphatic rings. The van der Waals surface area contributed by atoms with E-state index >= 15 is 0 Å². The fraction of sp³-hybridized carbons (Fsp3) is 0.300. The molecule has 0 aliphatic heterocycles. The molecule has 0 saturated carbocycles. The van der Waals surface area contributed by atoms with Crippen LogP contribution in [0, 0.1) is 5.82 Å². The number of benzene rings is 1. The van der Waals surface area contributed by atoms with Gasteiger partial charge in [0.2, 0.25) is 5.91 Å². The van der Waals surface area contributed by atoms with Crippen molar-refractivity contribution >= 4 is 35.6 Å². The van der Waals surface area contributed by atoms with E-state index in [9.17, 15) is 9.18 Å². The smallest absolute Gasteiger partial charge is 0.241 e. The zero-order chi connectivity index (χ0) is 11.4. The summed E-state index contributed by atoms with van der Waals surface area (Å²) in [5.41, 5.74) is 5.57. The first-order chi connectivity index (χ1) is 7.04. The molecule has 0 saturated heterocycles. The fourth-order valence-electron chi connectivity index (χ4n) is 1.00. The molecule has 1 aromatic carbocycles. The Morgan fingerprint density at radius 1 is 1.62 bits per heavy atom. The maximum absolute atomic E-state index is 13.2. The van der Waals surface area contributed by atoms with Crippen molar-refractivity contribution in [3.8, 4) is 0 Å². The molecule has 0 heterocycles. The van der Waals surface area contributed by atoms with Crippen LogP contribution in [0.15, 0.2) is 18.2 Å². The monoisotopic (exact) mass is 266 g/mol. The second-order valence-electron chi connectivity index (χ2n) is 3.13. The fourth-order valence-corrected chi connectivity index (χ4v) is 1.16. The number of halogens is 3. The topological polar surface area (TPSA) is 55.1 Å². The summed E-state index contributed by atoms with van der Waals surface area (Å²) in [6, 6.07) is 3.41. The van der Waals surface area contributed by atoms with E-state index < -0.39 is 17.8 Å². The van der Waals surface area contributed by atoms with Crippen LogP contribution in [-0.2, 0) is 4.79 Å². The van der Waals surface area contributed by atoms with E-state index in [1.165, 1.54) is 12.1 Å². The molecule has 6 heteroatoms. The Morgan fingerprint density at radius 3 is 2.75 bits per heavy atom. The summed E-state index contributed by atoms with van der Waals surface area (Å²) in [5.74, 6) is -0.974. The molecule has 3 N–H and O–H groups in total.